The summed E-state index contributed by atoms with van der Waals surface area (Å²) in [6, 6.07) is 0. The molecule has 0 heterocycles. The second-order valence-corrected chi connectivity index (χ2v) is 4.62. The van der Waals surface area contributed by atoms with Crippen LogP contribution in [-0.4, -0.2) is 23.6 Å². The summed E-state index contributed by atoms with van der Waals surface area (Å²) in [6.07, 6.45) is 7.35. The van der Waals surface area contributed by atoms with E-state index in [-0.39, 0.29) is 17.7 Å². The second-order valence-electron chi connectivity index (χ2n) is 4.62. The first-order valence-electron chi connectivity index (χ1n) is 6.44. The Morgan fingerprint density at radius 2 is 1.82 bits per heavy atom. The van der Waals surface area contributed by atoms with Crippen LogP contribution in [0.25, 0.3) is 0 Å². The molecule has 0 atom stereocenters. The number of hydroxylamine groups is 1. The summed E-state index contributed by atoms with van der Waals surface area (Å²) in [7, 11) is 0. The topological polar surface area (TPSA) is 78.4 Å². The van der Waals surface area contributed by atoms with Gasteiger partial charge in [0.1, 0.15) is 0 Å². The van der Waals surface area contributed by atoms with Gasteiger partial charge in [-0.05, 0) is 25.7 Å². The van der Waals surface area contributed by atoms with Crippen molar-refractivity contribution in [2.45, 2.75) is 51.4 Å². The van der Waals surface area contributed by atoms with Gasteiger partial charge in [-0.25, -0.2) is 5.48 Å². The molecule has 1 fully saturated rings. The maximum Gasteiger partial charge on any atom is 0.243 e. The van der Waals surface area contributed by atoms with E-state index in [0.717, 1.165) is 32.1 Å². The number of amides is 2. The van der Waals surface area contributed by atoms with Crippen LogP contribution in [0.2, 0.25) is 0 Å². The molecular weight excluding hydrogens is 220 g/mol. The van der Waals surface area contributed by atoms with Crippen LogP contribution in [0.15, 0.2) is 0 Å². The first-order chi connectivity index (χ1) is 8.24. The van der Waals surface area contributed by atoms with E-state index in [1.807, 2.05) is 0 Å². The van der Waals surface area contributed by atoms with E-state index in [1.165, 1.54) is 6.42 Å². The third kappa shape index (κ3) is 5.68. The highest BCUT2D eigenvalue weighted by Crippen LogP contribution is 2.23. The number of hydrogen-bond acceptors (Lipinski definition) is 3. The van der Waals surface area contributed by atoms with Gasteiger partial charge >= 0.3 is 0 Å². The Bertz CT molecular complexity index is 250. The Balaban J connectivity index is 2.01. The van der Waals surface area contributed by atoms with Gasteiger partial charge in [0.05, 0.1) is 0 Å². The Hall–Kier alpha value is -1.10. The van der Waals surface area contributed by atoms with Crippen LogP contribution in [-0.2, 0) is 9.59 Å². The van der Waals surface area contributed by atoms with Gasteiger partial charge < -0.3 is 5.32 Å². The molecule has 0 unspecified atom stereocenters. The average Bonchev–Trinajstić information content (AvgIpc) is 2.38. The molecule has 5 nitrogen and oxygen atoms in total. The molecule has 98 valence electrons. The van der Waals surface area contributed by atoms with E-state index in [1.54, 1.807) is 5.48 Å². The minimum absolute atomic E-state index is 0.163. The fourth-order valence-electron chi connectivity index (χ4n) is 2.19. The van der Waals surface area contributed by atoms with E-state index in [2.05, 4.69) is 5.32 Å². The van der Waals surface area contributed by atoms with E-state index in [9.17, 15) is 9.59 Å². The SMILES string of the molecule is O=C(CCCCNC(=O)C1CCCCC1)NO. The highest BCUT2D eigenvalue weighted by atomic mass is 16.5. The first-order valence-corrected chi connectivity index (χ1v) is 6.44. The van der Waals surface area contributed by atoms with E-state index in [4.69, 9.17) is 5.21 Å². The Labute approximate surface area is 102 Å². The number of nitrogens with one attached hydrogen (secondary N) is 2. The molecular formula is C12H22N2O3. The predicted octanol–water partition coefficient (Wildman–Crippen LogP) is 1.36. The number of unbranched alkanes of at least 4 members (excludes halogenated alkanes) is 1. The minimum Gasteiger partial charge on any atom is -0.356 e. The molecule has 0 aliphatic heterocycles. The normalized spacial score (nSPS) is 16.5. The van der Waals surface area contributed by atoms with Crippen LogP contribution >= 0.6 is 0 Å². The second kappa shape index (κ2) is 8.06. The molecule has 0 spiro atoms. The maximum absolute atomic E-state index is 11.7. The van der Waals surface area contributed by atoms with Gasteiger partial charge in [0.2, 0.25) is 11.8 Å². The quantitative estimate of drug-likeness (QED) is 0.374. The standard InChI is InChI=1S/C12H22N2O3/c15-11(14-17)8-4-5-9-13-12(16)10-6-2-1-3-7-10/h10,17H,1-9H2,(H,13,16)(H,14,15). The monoisotopic (exact) mass is 242 g/mol. The summed E-state index contributed by atoms with van der Waals surface area (Å²) in [4.78, 5) is 22.4. The summed E-state index contributed by atoms with van der Waals surface area (Å²) in [6.45, 7) is 0.619. The maximum atomic E-state index is 11.7. The van der Waals surface area contributed by atoms with Crippen molar-refractivity contribution in [3.63, 3.8) is 0 Å². The van der Waals surface area contributed by atoms with E-state index in [0.29, 0.717) is 19.4 Å². The molecule has 3 N–H and O–H groups in total. The van der Waals surface area contributed by atoms with Gasteiger partial charge in [0.15, 0.2) is 0 Å². The number of carbonyl (C=O) groups excluding carboxylic acids is 2. The van der Waals surface area contributed by atoms with Crippen LogP contribution in [0, 0.1) is 5.92 Å². The summed E-state index contributed by atoms with van der Waals surface area (Å²) in [5, 5.41) is 11.2. The largest absolute Gasteiger partial charge is 0.356 e. The predicted molar refractivity (Wildman–Crippen MR) is 63.4 cm³/mol. The van der Waals surface area contributed by atoms with Crippen molar-refractivity contribution in [2.24, 2.45) is 5.92 Å². The molecule has 1 aliphatic carbocycles. The van der Waals surface area contributed by atoms with Gasteiger partial charge in [0, 0.05) is 18.9 Å². The Morgan fingerprint density at radius 3 is 2.47 bits per heavy atom. The van der Waals surface area contributed by atoms with Crippen LogP contribution in [0.4, 0.5) is 0 Å². The molecule has 0 bridgehead atoms. The molecule has 1 saturated carbocycles. The van der Waals surface area contributed by atoms with Crippen molar-refractivity contribution in [3.05, 3.63) is 0 Å². The van der Waals surface area contributed by atoms with Gasteiger partial charge in [-0.2, -0.15) is 0 Å². The molecule has 0 saturated heterocycles. The molecule has 17 heavy (non-hydrogen) atoms. The molecule has 1 aliphatic rings. The summed E-state index contributed by atoms with van der Waals surface area (Å²) in [5.74, 6) is -0.00981. The zero-order valence-corrected chi connectivity index (χ0v) is 10.2. The lowest BCUT2D eigenvalue weighted by molar-refractivity contribution is -0.129. The molecule has 0 radical (unpaired) electrons. The highest BCUT2D eigenvalue weighted by Gasteiger charge is 2.20. The van der Waals surface area contributed by atoms with Crippen molar-refractivity contribution in [1.29, 1.82) is 0 Å². The van der Waals surface area contributed by atoms with Gasteiger partial charge in [-0.3, -0.25) is 14.8 Å². The Morgan fingerprint density at radius 1 is 1.12 bits per heavy atom. The smallest absolute Gasteiger partial charge is 0.243 e. The van der Waals surface area contributed by atoms with Crippen molar-refractivity contribution in [2.75, 3.05) is 6.54 Å². The molecule has 2 amide bonds. The minimum atomic E-state index is -0.372. The molecule has 5 heteroatoms. The molecule has 1 rings (SSSR count). The molecule has 0 aromatic heterocycles. The van der Waals surface area contributed by atoms with Crippen LogP contribution < -0.4 is 10.8 Å². The lowest BCUT2D eigenvalue weighted by atomic mass is 9.89. The Kier molecular flexibility index (Phi) is 6.62. The fourth-order valence-corrected chi connectivity index (χ4v) is 2.19. The lowest BCUT2D eigenvalue weighted by Crippen LogP contribution is -2.32. The van der Waals surface area contributed by atoms with Crippen LogP contribution in [0.3, 0.4) is 0 Å². The zero-order chi connectivity index (χ0) is 12.5. The van der Waals surface area contributed by atoms with Gasteiger partial charge in [-0.15, -0.1) is 0 Å². The van der Waals surface area contributed by atoms with Gasteiger partial charge in [-0.1, -0.05) is 19.3 Å². The van der Waals surface area contributed by atoms with E-state index < -0.39 is 0 Å². The average molecular weight is 242 g/mol. The van der Waals surface area contributed by atoms with Crippen LogP contribution in [0.1, 0.15) is 51.4 Å². The molecule has 0 aromatic rings. The fraction of sp³-hybridized carbons (Fsp3) is 0.833. The van der Waals surface area contributed by atoms with Crippen molar-refractivity contribution in [3.8, 4) is 0 Å². The zero-order valence-electron chi connectivity index (χ0n) is 10.2. The third-order valence-electron chi connectivity index (χ3n) is 3.23. The van der Waals surface area contributed by atoms with Crippen molar-refractivity contribution < 1.29 is 14.8 Å². The van der Waals surface area contributed by atoms with Crippen molar-refractivity contribution in [1.82, 2.24) is 10.8 Å². The summed E-state index contributed by atoms with van der Waals surface area (Å²) >= 11 is 0. The first kappa shape index (κ1) is 14.0. The van der Waals surface area contributed by atoms with E-state index >= 15 is 0 Å². The number of hydrogen-bond donors (Lipinski definition) is 3. The summed E-state index contributed by atoms with van der Waals surface area (Å²) in [5.41, 5.74) is 1.59. The molecule has 0 aromatic carbocycles. The van der Waals surface area contributed by atoms with Crippen LogP contribution in [0.5, 0.6) is 0 Å². The number of rotatable bonds is 6. The summed E-state index contributed by atoms with van der Waals surface area (Å²) < 4.78 is 0. The van der Waals surface area contributed by atoms with Crippen molar-refractivity contribution >= 4 is 11.8 Å². The van der Waals surface area contributed by atoms with Gasteiger partial charge in [0.25, 0.3) is 0 Å². The number of carbonyl (C=O) groups is 2. The third-order valence-corrected chi connectivity index (χ3v) is 3.23. The highest BCUT2D eigenvalue weighted by molar-refractivity contribution is 5.78. The lowest BCUT2D eigenvalue weighted by Gasteiger charge is -2.20.